The molecule has 7 nitrogen and oxygen atoms in total. The number of aromatic hydroxyl groups is 1. The van der Waals surface area contributed by atoms with Gasteiger partial charge in [-0.3, -0.25) is 4.79 Å². The molecule has 1 atom stereocenters. The normalized spacial score (nSPS) is 24.2. The first-order valence-corrected chi connectivity index (χ1v) is 10.6. The van der Waals surface area contributed by atoms with Crippen LogP contribution in [-0.2, 0) is 27.8 Å². The van der Waals surface area contributed by atoms with Gasteiger partial charge in [-0.05, 0) is 48.8 Å². The van der Waals surface area contributed by atoms with Crippen molar-refractivity contribution in [2.45, 2.75) is 57.9 Å². The van der Waals surface area contributed by atoms with Gasteiger partial charge >= 0.3 is 10.2 Å². The van der Waals surface area contributed by atoms with Crippen LogP contribution in [0, 0.1) is 11.7 Å². The second kappa shape index (κ2) is 6.94. The van der Waals surface area contributed by atoms with E-state index in [9.17, 15) is 18.3 Å². The molecular formula is C18H26FN3O4S. The summed E-state index contributed by atoms with van der Waals surface area (Å²) in [7, 11) is -4.21. The Bertz CT molecular complexity index is 872. The molecule has 27 heavy (non-hydrogen) atoms. The molecule has 0 radical (unpaired) electrons. The third-order valence-electron chi connectivity index (χ3n) is 5.36. The lowest BCUT2D eigenvalue weighted by molar-refractivity contribution is -0.117. The average molecular weight is 399 g/mol. The van der Waals surface area contributed by atoms with Gasteiger partial charge in [0.25, 0.3) is 5.91 Å². The van der Waals surface area contributed by atoms with Gasteiger partial charge < -0.3 is 10.8 Å². The number of nitrogens with two attached hydrogens (primary N) is 1. The van der Waals surface area contributed by atoms with Crippen LogP contribution in [0.25, 0.3) is 0 Å². The van der Waals surface area contributed by atoms with Crippen molar-refractivity contribution in [2.24, 2.45) is 11.7 Å². The molecule has 1 heterocycles. The number of halogens is 1. The van der Waals surface area contributed by atoms with Crippen LogP contribution < -0.4 is 14.8 Å². The predicted molar refractivity (Wildman–Crippen MR) is 100 cm³/mol. The standard InChI is InChI=1S/C18H26FN3O4S/c1-11(2)4-3-6-18(20)7-5-12-8-14(23)17(16(19)13(12)9-18)22-10-15(24)21-27(22,25)26/h8,11,23H,3-7,9-10,20H2,1-2H3,(H,21,24). The number of phenolic OH excluding ortho intramolecular Hbond substituents is 1. The molecule has 1 aromatic carbocycles. The van der Waals surface area contributed by atoms with Gasteiger partial charge in [0, 0.05) is 5.54 Å². The van der Waals surface area contributed by atoms with E-state index in [1.165, 1.54) is 6.07 Å². The predicted octanol–water partition coefficient (Wildman–Crippen LogP) is 1.72. The number of nitrogens with one attached hydrogen (secondary N) is 1. The fourth-order valence-electron chi connectivity index (χ4n) is 3.91. The summed E-state index contributed by atoms with van der Waals surface area (Å²) in [6.07, 6.45) is 4.20. The number of nitrogens with zero attached hydrogens (tertiary/aromatic N) is 1. The van der Waals surface area contributed by atoms with Gasteiger partial charge in [-0.2, -0.15) is 8.42 Å². The molecule has 1 unspecified atom stereocenters. The lowest BCUT2D eigenvalue weighted by atomic mass is 9.75. The summed E-state index contributed by atoms with van der Waals surface area (Å²) < 4.78 is 41.8. The Hall–Kier alpha value is -1.87. The number of phenols is 1. The van der Waals surface area contributed by atoms with E-state index in [1.807, 2.05) is 0 Å². The maximum absolute atomic E-state index is 15.3. The van der Waals surface area contributed by atoms with Crippen LogP contribution in [0.4, 0.5) is 10.1 Å². The summed E-state index contributed by atoms with van der Waals surface area (Å²) in [5, 5.41) is 10.2. The molecule has 1 aliphatic heterocycles. The molecule has 0 saturated carbocycles. The van der Waals surface area contributed by atoms with Crippen LogP contribution in [0.5, 0.6) is 5.75 Å². The molecule has 1 fully saturated rings. The van der Waals surface area contributed by atoms with Crippen LogP contribution in [-0.4, -0.2) is 31.5 Å². The molecule has 0 bridgehead atoms. The molecule has 150 valence electrons. The van der Waals surface area contributed by atoms with Gasteiger partial charge in [-0.25, -0.2) is 13.4 Å². The van der Waals surface area contributed by atoms with Crippen molar-refractivity contribution in [1.29, 1.82) is 0 Å². The molecule has 1 saturated heterocycles. The molecule has 4 N–H and O–H groups in total. The van der Waals surface area contributed by atoms with E-state index >= 15 is 4.39 Å². The minimum atomic E-state index is -4.21. The summed E-state index contributed by atoms with van der Waals surface area (Å²) in [4.78, 5) is 11.5. The SMILES string of the molecule is CC(C)CCCC1(N)CCc2cc(O)c(N3CC(=O)NS3(=O)=O)c(F)c2C1. The Morgan fingerprint density at radius 2 is 2.15 bits per heavy atom. The topological polar surface area (TPSA) is 113 Å². The Morgan fingerprint density at radius 3 is 2.74 bits per heavy atom. The molecule has 0 spiro atoms. The maximum Gasteiger partial charge on any atom is 0.326 e. The number of fused-ring (bicyclic) bond motifs is 1. The van der Waals surface area contributed by atoms with E-state index in [1.54, 1.807) is 4.72 Å². The van der Waals surface area contributed by atoms with Crippen molar-refractivity contribution in [3.05, 3.63) is 23.0 Å². The second-order valence-electron chi connectivity index (χ2n) is 8.06. The highest BCUT2D eigenvalue weighted by Gasteiger charge is 2.40. The summed E-state index contributed by atoms with van der Waals surface area (Å²) in [6, 6.07) is 1.39. The Labute approximate surface area is 158 Å². The van der Waals surface area contributed by atoms with Gasteiger partial charge in [0.2, 0.25) is 0 Å². The van der Waals surface area contributed by atoms with Crippen molar-refractivity contribution in [1.82, 2.24) is 4.72 Å². The van der Waals surface area contributed by atoms with E-state index in [0.29, 0.717) is 34.2 Å². The average Bonchev–Trinajstić information content (AvgIpc) is 2.80. The molecule has 0 aromatic heterocycles. The van der Waals surface area contributed by atoms with Crippen LogP contribution >= 0.6 is 0 Å². The van der Waals surface area contributed by atoms with Gasteiger partial charge in [-0.1, -0.05) is 26.7 Å². The molecule has 9 heteroatoms. The van der Waals surface area contributed by atoms with Gasteiger partial charge in [0.15, 0.2) is 5.82 Å². The summed E-state index contributed by atoms with van der Waals surface area (Å²) in [5.41, 5.74) is 6.43. The first kappa shape index (κ1) is 19.9. The van der Waals surface area contributed by atoms with E-state index in [0.717, 1.165) is 19.3 Å². The summed E-state index contributed by atoms with van der Waals surface area (Å²) in [5.74, 6) is -1.51. The Kier molecular flexibility index (Phi) is 5.11. The number of hydrogen-bond acceptors (Lipinski definition) is 5. The van der Waals surface area contributed by atoms with Crippen LogP contribution in [0.2, 0.25) is 0 Å². The smallest absolute Gasteiger partial charge is 0.326 e. The third kappa shape index (κ3) is 3.89. The lowest BCUT2D eigenvalue weighted by Gasteiger charge is -2.36. The van der Waals surface area contributed by atoms with Crippen molar-refractivity contribution in [2.75, 3.05) is 10.8 Å². The van der Waals surface area contributed by atoms with Crippen LogP contribution in [0.1, 0.15) is 50.7 Å². The lowest BCUT2D eigenvalue weighted by Crippen LogP contribution is -2.45. The largest absolute Gasteiger partial charge is 0.506 e. The number of aryl methyl sites for hydroxylation is 1. The molecule has 2 aliphatic rings. The highest BCUT2D eigenvalue weighted by Crippen LogP contribution is 2.41. The van der Waals surface area contributed by atoms with Gasteiger partial charge in [-0.15, -0.1) is 0 Å². The monoisotopic (exact) mass is 399 g/mol. The fourth-order valence-corrected chi connectivity index (χ4v) is 5.08. The minimum Gasteiger partial charge on any atom is -0.506 e. The van der Waals surface area contributed by atoms with Crippen molar-refractivity contribution >= 4 is 21.8 Å². The first-order valence-electron chi connectivity index (χ1n) is 9.18. The number of hydrogen-bond donors (Lipinski definition) is 3. The summed E-state index contributed by atoms with van der Waals surface area (Å²) in [6.45, 7) is 3.72. The highest BCUT2D eigenvalue weighted by molar-refractivity contribution is 7.92. The number of carbonyl (C=O) groups is 1. The quantitative estimate of drug-likeness (QED) is 0.698. The number of rotatable bonds is 5. The summed E-state index contributed by atoms with van der Waals surface area (Å²) >= 11 is 0. The first-order chi connectivity index (χ1) is 12.5. The number of carbonyl (C=O) groups excluding carboxylic acids is 1. The van der Waals surface area contributed by atoms with Crippen molar-refractivity contribution in [3.8, 4) is 5.75 Å². The number of benzene rings is 1. The molecular weight excluding hydrogens is 373 g/mol. The van der Waals surface area contributed by atoms with Gasteiger partial charge in [0.1, 0.15) is 18.0 Å². The third-order valence-corrected chi connectivity index (χ3v) is 6.74. The highest BCUT2D eigenvalue weighted by atomic mass is 32.2. The molecule has 1 aliphatic carbocycles. The zero-order chi connectivity index (χ0) is 20.0. The molecule has 1 aromatic rings. The zero-order valence-corrected chi connectivity index (χ0v) is 16.4. The molecule has 3 rings (SSSR count). The van der Waals surface area contributed by atoms with Crippen molar-refractivity contribution < 1.29 is 22.7 Å². The maximum atomic E-state index is 15.3. The number of anilines is 1. The molecule has 1 amide bonds. The zero-order valence-electron chi connectivity index (χ0n) is 15.6. The van der Waals surface area contributed by atoms with Crippen molar-refractivity contribution in [3.63, 3.8) is 0 Å². The van der Waals surface area contributed by atoms with E-state index in [4.69, 9.17) is 5.73 Å². The van der Waals surface area contributed by atoms with E-state index in [-0.39, 0.29) is 6.42 Å². The Morgan fingerprint density at radius 1 is 1.44 bits per heavy atom. The fraction of sp³-hybridized carbons (Fsp3) is 0.611. The van der Waals surface area contributed by atoms with Gasteiger partial charge in [0.05, 0.1) is 0 Å². The number of amides is 1. The minimum absolute atomic E-state index is 0.273. The Balaban J connectivity index is 1.94. The second-order valence-corrected chi connectivity index (χ2v) is 9.65. The van der Waals surface area contributed by atoms with Crippen LogP contribution in [0.15, 0.2) is 6.07 Å². The van der Waals surface area contributed by atoms with E-state index in [2.05, 4.69) is 13.8 Å². The van der Waals surface area contributed by atoms with Crippen LogP contribution in [0.3, 0.4) is 0 Å². The van der Waals surface area contributed by atoms with E-state index < -0.39 is 45.5 Å².